The molecule has 1 amide bonds. The molecule has 1 N–H and O–H groups in total. The van der Waals surface area contributed by atoms with Crippen LogP contribution < -0.4 is 5.32 Å². The fourth-order valence-corrected chi connectivity index (χ4v) is 5.50. The van der Waals surface area contributed by atoms with Gasteiger partial charge in [0.05, 0.1) is 12.4 Å². The predicted octanol–water partition coefficient (Wildman–Crippen LogP) is 4.54. The highest BCUT2D eigenvalue weighted by Gasteiger charge is 2.23. The normalized spacial score (nSPS) is 10.7. The molecule has 3 heterocycles. The topological polar surface area (TPSA) is 81.2 Å². The van der Waals surface area contributed by atoms with Crippen LogP contribution in [-0.4, -0.2) is 34.4 Å². The third kappa shape index (κ3) is 4.50. The first kappa shape index (κ1) is 19.0. The van der Waals surface area contributed by atoms with Gasteiger partial charge in [0.25, 0.3) is 0 Å². The maximum Gasteiger partial charge on any atom is 0.341 e. The van der Waals surface area contributed by atoms with E-state index in [9.17, 15) is 9.59 Å². The minimum atomic E-state index is -0.431. The van der Waals surface area contributed by atoms with Gasteiger partial charge < -0.3 is 10.1 Å². The van der Waals surface area contributed by atoms with E-state index >= 15 is 0 Å². The van der Waals surface area contributed by atoms with Crippen molar-refractivity contribution in [2.45, 2.75) is 18.2 Å². The number of carbonyl (C=O) groups is 2. The molecule has 0 saturated heterocycles. The molecule has 0 atom stereocenters. The number of rotatable bonds is 7. The van der Waals surface area contributed by atoms with Gasteiger partial charge in [0, 0.05) is 15.8 Å². The quantitative estimate of drug-likeness (QED) is 0.442. The number of amides is 1. The number of nitrogens with zero attached hydrogens (tertiary/aromatic N) is 2. The van der Waals surface area contributed by atoms with Crippen LogP contribution in [0.25, 0.3) is 10.4 Å². The second kappa shape index (κ2) is 8.76. The Bertz CT molecular complexity index is 902. The lowest BCUT2D eigenvalue weighted by Crippen LogP contribution is -2.16. The van der Waals surface area contributed by atoms with E-state index in [4.69, 9.17) is 4.74 Å². The van der Waals surface area contributed by atoms with Crippen molar-refractivity contribution in [1.82, 2.24) is 10.2 Å². The number of aryl methyl sites for hydroxylation is 1. The SMILES string of the molecule is CCOC(=O)c1c(-c2cccs2)csc1NC(=O)CSc1nnc(C)s1. The molecule has 0 aliphatic carbocycles. The number of thiophene rings is 2. The number of thioether (sulfide) groups is 1. The fraction of sp³-hybridized carbons (Fsp3) is 0.250. The largest absolute Gasteiger partial charge is 0.462 e. The van der Waals surface area contributed by atoms with Crippen LogP contribution in [0.1, 0.15) is 22.3 Å². The second-order valence-corrected chi connectivity index (χ2v) is 9.21. The van der Waals surface area contributed by atoms with Gasteiger partial charge in [0.15, 0.2) is 4.34 Å². The number of aromatic nitrogens is 2. The van der Waals surface area contributed by atoms with Crippen LogP contribution in [0.5, 0.6) is 0 Å². The number of nitrogens with one attached hydrogen (secondary N) is 1. The van der Waals surface area contributed by atoms with Gasteiger partial charge in [-0.25, -0.2) is 4.79 Å². The van der Waals surface area contributed by atoms with Gasteiger partial charge in [0.2, 0.25) is 5.91 Å². The first-order chi connectivity index (χ1) is 12.6. The van der Waals surface area contributed by atoms with E-state index in [0.717, 1.165) is 19.8 Å². The zero-order chi connectivity index (χ0) is 18.5. The molecule has 136 valence electrons. The molecule has 0 spiro atoms. The Hall–Kier alpha value is -1.75. The molecular formula is C16H15N3O3S4. The van der Waals surface area contributed by atoms with Gasteiger partial charge in [-0.15, -0.1) is 32.9 Å². The van der Waals surface area contributed by atoms with Crippen LogP contribution in [0.15, 0.2) is 27.2 Å². The Labute approximate surface area is 166 Å². The number of anilines is 1. The summed E-state index contributed by atoms with van der Waals surface area (Å²) in [6, 6.07) is 3.86. The van der Waals surface area contributed by atoms with Crippen LogP contribution in [0.3, 0.4) is 0 Å². The highest BCUT2D eigenvalue weighted by atomic mass is 32.2. The van der Waals surface area contributed by atoms with Crippen molar-refractivity contribution in [3.8, 4) is 10.4 Å². The van der Waals surface area contributed by atoms with Crippen molar-refractivity contribution < 1.29 is 14.3 Å². The van der Waals surface area contributed by atoms with E-state index in [1.54, 1.807) is 6.92 Å². The molecule has 0 aliphatic rings. The van der Waals surface area contributed by atoms with Crippen LogP contribution in [0, 0.1) is 6.92 Å². The maximum atomic E-state index is 12.4. The Morgan fingerprint density at radius 3 is 2.81 bits per heavy atom. The van der Waals surface area contributed by atoms with E-state index in [0.29, 0.717) is 10.6 Å². The van der Waals surface area contributed by atoms with Gasteiger partial charge in [-0.3, -0.25) is 4.79 Å². The zero-order valence-corrected chi connectivity index (χ0v) is 17.2. The molecule has 0 radical (unpaired) electrons. The summed E-state index contributed by atoms with van der Waals surface area (Å²) < 4.78 is 5.92. The molecule has 0 aromatic carbocycles. The molecule has 26 heavy (non-hydrogen) atoms. The van der Waals surface area contributed by atoms with Gasteiger partial charge >= 0.3 is 5.97 Å². The maximum absolute atomic E-state index is 12.4. The minimum absolute atomic E-state index is 0.198. The lowest BCUT2D eigenvalue weighted by Gasteiger charge is -2.07. The lowest BCUT2D eigenvalue weighted by atomic mass is 10.1. The Balaban J connectivity index is 1.76. The summed E-state index contributed by atoms with van der Waals surface area (Å²) in [6.45, 7) is 3.90. The highest BCUT2D eigenvalue weighted by molar-refractivity contribution is 8.01. The van der Waals surface area contributed by atoms with Crippen molar-refractivity contribution in [1.29, 1.82) is 0 Å². The second-order valence-electron chi connectivity index (χ2n) is 4.98. The summed E-state index contributed by atoms with van der Waals surface area (Å²) in [5, 5.41) is 15.9. The predicted molar refractivity (Wildman–Crippen MR) is 108 cm³/mol. The van der Waals surface area contributed by atoms with E-state index < -0.39 is 5.97 Å². The van der Waals surface area contributed by atoms with Gasteiger partial charge in [-0.1, -0.05) is 29.2 Å². The molecule has 0 aliphatic heterocycles. The fourth-order valence-electron chi connectivity index (χ4n) is 2.10. The molecule has 0 saturated carbocycles. The van der Waals surface area contributed by atoms with Crippen molar-refractivity contribution in [3.05, 3.63) is 33.5 Å². The van der Waals surface area contributed by atoms with Gasteiger partial charge in [-0.05, 0) is 25.3 Å². The van der Waals surface area contributed by atoms with Crippen LogP contribution in [-0.2, 0) is 9.53 Å². The minimum Gasteiger partial charge on any atom is -0.462 e. The van der Waals surface area contributed by atoms with E-state index in [-0.39, 0.29) is 18.3 Å². The first-order valence-electron chi connectivity index (χ1n) is 7.63. The third-order valence-electron chi connectivity index (χ3n) is 3.14. The van der Waals surface area contributed by atoms with E-state index in [1.807, 2.05) is 29.8 Å². The third-order valence-corrected chi connectivity index (χ3v) is 6.91. The average molecular weight is 426 g/mol. The number of hydrogen-bond acceptors (Lipinski definition) is 9. The number of esters is 1. The number of hydrogen-bond donors (Lipinski definition) is 1. The molecule has 3 aromatic heterocycles. The smallest absolute Gasteiger partial charge is 0.341 e. The van der Waals surface area contributed by atoms with Crippen molar-refractivity contribution in [2.24, 2.45) is 0 Å². The highest BCUT2D eigenvalue weighted by Crippen LogP contribution is 2.38. The van der Waals surface area contributed by atoms with Crippen molar-refractivity contribution >= 4 is 62.6 Å². The first-order valence-corrected chi connectivity index (χ1v) is 11.2. The van der Waals surface area contributed by atoms with Gasteiger partial charge in [0.1, 0.15) is 15.6 Å². The van der Waals surface area contributed by atoms with E-state index in [2.05, 4.69) is 15.5 Å². The summed E-state index contributed by atoms with van der Waals surface area (Å²) in [4.78, 5) is 25.7. The number of ether oxygens (including phenoxy) is 1. The summed E-state index contributed by atoms with van der Waals surface area (Å²) in [6.07, 6.45) is 0. The molecule has 0 bridgehead atoms. The summed E-state index contributed by atoms with van der Waals surface area (Å²) in [5.74, 6) is -0.434. The summed E-state index contributed by atoms with van der Waals surface area (Å²) in [5.41, 5.74) is 1.19. The van der Waals surface area contributed by atoms with Crippen LogP contribution >= 0.6 is 45.8 Å². The molecule has 6 nitrogen and oxygen atoms in total. The molecule has 3 aromatic rings. The van der Waals surface area contributed by atoms with Gasteiger partial charge in [-0.2, -0.15) is 0 Å². The summed E-state index contributed by atoms with van der Waals surface area (Å²) >= 11 is 5.62. The van der Waals surface area contributed by atoms with Crippen molar-refractivity contribution in [2.75, 3.05) is 17.7 Å². The summed E-state index contributed by atoms with van der Waals surface area (Å²) in [7, 11) is 0. The Morgan fingerprint density at radius 2 is 2.15 bits per heavy atom. The number of carbonyl (C=O) groups excluding carboxylic acids is 2. The average Bonchev–Trinajstić information content (AvgIpc) is 3.33. The van der Waals surface area contributed by atoms with E-state index in [1.165, 1.54) is 45.8 Å². The monoisotopic (exact) mass is 425 g/mol. The van der Waals surface area contributed by atoms with Crippen LogP contribution in [0.4, 0.5) is 5.00 Å². The molecule has 3 rings (SSSR count). The standard InChI is InChI=1S/C16H15N3O3S4/c1-3-22-15(21)13-10(11-5-4-6-23-11)7-24-14(13)17-12(20)8-25-16-19-18-9(2)26-16/h4-7H,3,8H2,1-2H3,(H,17,20). The molecule has 0 unspecified atom stereocenters. The Kier molecular flexibility index (Phi) is 6.41. The zero-order valence-electron chi connectivity index (χ0n) is 14.0. The molecular weight excluding hydrogens is 410 g/mol. The molecule has 0 fully saturated rings. The lowest BCUT2D eigenvalue weighted by molar-refractivity contribution is -0.113. The van der Waals surface area contributed by atoms with Crippen LogP contribution in [0.2, 0.25) is 0 Å². The molecule has 10 heteroatoms. The Morgan fingerprint density at radius 1 is 1.31 bits per heavy atom. The van der Waals surface area contributed by atoms with Crippen molar-refractivity contribution in [3.63, 3.8) is 0 Å².